The molecule has 1 aromatic rings. The molecule has 5 nitrogen and oxygen atoms in total. The van der Waals surface area contributed by atoms with Crippen LogP contribution >= 0.6 is 0 Å². The quantitative estimate of drug-likeness (QED) is 0.808. The molecular weight excluding hydrogens is 218 g/mol. The van der Waals surface area contributed by atoms with Gasteiger partial charge in [-0.25, -0.2) is 0 Å². The summed E-state index contributed by atoms with van der Waals surface area (Å²) in [4.78, 5) is 11.6. The summed E-state index contributed by atoms with van der Waals surface area (Å²) in [6, 6.07) is 2.27. The molecule has 0 spiro atoms. The molecule has 2 N–H and O–H groups in total. The Kier molecular flexibility index (Phi) is 4.55. The summed E-state index contributed by atoms with van der Waals surface area (Å²) >= 11 is 0. The van der Waals surface area contributed by atoms with Gasteiger partial charge in [-0.3, -0.25) is 4.79 Å². The molecule has 1 saturated heterocycles. The van der Waals surface area contributed by atoms with E-state index in [9.17, 15) is 4.79 Å². The maximum atomic E-state index is 11.6. The number of amides is 1. The highest BCUT2D eigenvalue weighted by Gasteiger charge is 2.13. The molecule has 1 aromatic heterocycles. The van der Waals surface area contributed by atoms with Crippen LogP contribution in [0, 0.1) is 0 Å². The van der Waals surface area contributed by atoms with E-state index in [1.807, 2.05) is 0 Å². The molecule has 0 bridgehead atoms. The average molecular weight is 237 g/mol. The Morgan fingerprint density at radius 2 is 2.53 bits per heavy atom. The van der Waals surface area contributed by atoms with Gasteiger partial charge in [0.05, 0.1) is 6.54 Å². The average Bonchev–Trinajstić information content (AvgIpc) is 2.88. The summed E-state index contributed by atoms with van der Waals surface area (Å²) in [7, 11) is 0. The van der Waals surface area contributed by atoms with E-state index in [0.29, 0.717) is 19.0 Å². The first-order valence-corrected chi connectivity index (χ1v) is 6.24. The van der Waals surface area contributed by atoms with Crippen LogP contribution in [0.25, 0.3) is 0 Å². The largest absolute Gasteiger partial charge is 0.364 e. The molecule has 1 aliphatic heterocycles. The Morgan fingerprint density at radius 1 is 1.59 bits per heavy atom. The SMILES string of the molecule is O=C(CCC1CCCCN1)NCc1ccon1. The maximum Gasteiger partial charge on any atom is 0.220 e. The van der Waals surface area contributed by atoms with Crippen LogP contribution in [0.4, 0.5) is 0 Å². The van der Waals surface area contributed by atoms with Gasteiger partial charge in [0.1, 0.15) is 12.0 Å². The van der Waals surface area contributed by atoms with Crippen LogP contribution in [-0.4, -0.2) is 23.7 Å². The van der Waals surface area contributed by atoms with E-state index < -0.39 is 0 Å². The summed E-state index contributed by atoms with van der Waals surface area (Å²) in [6.07, 6.45) is 6.73. The number of rotatable bonds is 5. The Balaban J connectivity index is 1.60. The number of carbonyl (C=O) groups is 1. The van der Waals surface area contributed by atoms with Crippen molar-refractivity contribution in [3.63, 3.8) is 0 Å². The fourth-order valence-electron chi connectivity index (χ4n) is 2.08. The maximum absolute atomic E-state index is 11.6. The number of piperidine rings is 1. The normalized spacial score (nSPS) is 20.1. The molecular formula is C12H19N3O2. The van der Waals surface area contributed by atoms with E-state index in [0.717, 1.165) is 18.7 Å². The van der Waals surface area contributed by atoms with Crippen LogP contribution in [0.5, 0.6) is 0 Å². The van der Waals surface area contributed by atoms with Gasteiger partial charge < -0.3 is 15.2 Å². The first-order valence-electron chi connectivity index (χ1n) is 6.24. The zero-order chi connectivity index (χ0) is 11.9. The van der Waals surface area contributed by atoms with E-state index >= 15 is 0 Å². The van der Waals surface area contributed by atoms with Crippen molar-refractivity contribution in [2.24, 2.45) is 0 Å². The van der Waals surface area contributed by atoms with E-state index in [1.165, 1.54) is 25.5 Å². The van der Waals surface area contributed by atoms with Crippen LogP contribution in [0.15, 0.2) is 16.9 Å². The van der Waals surface area contributed by atoms with Gasteiger partial charge in [0.15, 0.2) is 0 Å². The highest BCUT2D eigenvalue weighted by molar-refractivity contribution is 5.75. The first-order chi connectivity index (χ1) is 8.34. The van der Waals surface area contributed by atoms with Crippen LogP contribution < -0.4 is 10.6 Å². The second-order valence-corrected chi connectivity index (χ2v) is 4.45. The smallest absolute Gasteiger partial charge is 0.220 e. The van der Waals surface area contributed by atoms with Crippen LogP contribution in [0.2, 0.25) is 0 Å². The van der Waals surface area contributed by atoms with Crippen molar-refractivity contribution >= 4 is 5.91 Å². The molecule has 1 atom stereocenters. The van der Waals surface area contributed by atoms with Gasteiger partial charge >= 0.3 is 0 Å². The third-order valence-electron chi connectivity index (χ3n) is 3.09. The van der Waals surface area contributed by atoms with Gasteiger partial charge in [-0.1, -0.05) is 11.6 Å². The molecule has 0 radical (unpaired) electrons. The Labute approximate surface area is 101 Å². The minimum atomic E-state index is 0.0837. The lowest BCUT2D eigenvalue weighted by molar-refractivity contribution is -0.121. The Morgan fingerprint density at radius 3 is 3.24 bits per heavy atom. The van der Waals surface area contributed by atoms with Gasteiger partial charge in [0.25, 0.3) is 0 Å². The fourth-order valence-corrected chi connectivity index (χ4v) is 2.08. The van der Waals surface area contributed by atoms with Crippen molar-refractivity contribution in [1.82, 2.24) is 15.8 Å². The monoisotopic (exact) mass is 237 g/mol. The fraction of sp³-hybridized carbons (Fsp3) is 0.667. The van der Waals surface area contributed by atoms with Gasteiger partial charge in [0.2, 0.25) is 5.91 Å². The topological polar surface area (TPSA) is 67.2 Å². The lowest BCUT2D eigenvalue weighted by atomic mass is 10.0. The molecule has 0 aromatic carbocycles. The summed E-state index contributed by atoms with van der Waals surface area (Å²) < 4.78 is 4.69. The Bertz CT molecular complexity index is 332. The molecule has 0 saturated carbocycles. The zero-order valence-electron chi connectivity index (χ0n) is 9.95. The molecule has 1 aliphatic rings. The molecule has 17 heavy (non-hydrogen) atoms. The van der Waals surface area contributed by atoms with Crippen molar-refractivity contribution in [1.29, 1.82) is 0 Å². The van der Waals surface area contributed by atoms with Crippen molar-refractivity contribution in [2.45, 2.75) is 44.7 Å². The number of nitrogens with one attached hydrogen (secondary N) is 2. The third kappa shape index (κ3) is 4.19. The van der Waals surface area contributed by atoms with E-state index in [-0.39, 0.29) is 5.91 Å². The molecule has 1 fully saturated rings. The van der Waals surface area contributed by atoms with E-state index in [2.05, 4.69) is 15.8 Å². The van der Waals surface area contributed by atoms with Crippen molar-refractivity contribution in [3.05, 3.63) is 18.0 Å². The molecule has 0 aliphatic carbocycles. The summed E-state index contributed by atoms with van der Waals surface area (Å²) in [5, 5.41) is 10.0. The highest BCUT2D eigenvalue weighted by Crippen LogP contribution is 2.11. The van der Waals surface area contributed by atoms with Gasteiger partial charge in [-0.05, 0) is 25.8 Å². The summed E-state index contributed by atoms with van der Waals surface area (Å²) in [6.45, 7) is 1.54. The molecule has 94 valence electrons. The predicted octanol–water partition coefficient (Wildman–Crippen LogP) is 1.21. The molecule has 5 heteroatoms. The summed E-state index contributed by atoms with van der Waals surface area (Å²) in [5.74, 6) is 0.0837. The van der Waals surface area contributed by atoms with Crippen molar-refractivity contribution in [3.8, 4) is 0 Å². The Hall–Kier alpha value is -1.36. The molecule has 2 heterocycles. The first kappa shape index (κ1) is 12.1. The van der Waals surface area contributed by atoms with Gasteiger partial charge in [-0.15, -0.1) is 0 Å². The lowest BCUT2D eigenvalue weighted by Crippen LogP contribution is -2.35. The number of aromatic nitrogens is 1. The minimum absolute atomic E-state index is 0.0837. The van der Waals surface area contributed by atoms with Crippen LogP contribution in [-0.2, 0) is 11.3 Å². The number of hydrogen-bond donors (Lipinski definition) is 2. The van der Waals surface area contributed by atoms with Crippen LogP contribution in [0.3, 0.4) is 0 Å². The number of nitrogens with zero attached hydrogens (tertiary/aromatic N) is 1. The molecule has 1 amide bonds. The zero-order valence-corrected chi connectivity index (χ0v) is 9.95. The van der Waals surface area contributed by atoms with E-state index in [1.54, 1.807) is 6.07 Å². The van der Waals surface area contributed by atoms with Crippen molar-refractivity contribution in [2.75, 3.05) is 6.54 Å². The number of hydrogen-bond acceptors (Lipinski definition) is 4. The molecule has 1 unspecified atom stereocenters. The summed E-state index contributed by atoms with van der Waals surface area (Å²) in [5.41, 5.74) is 0.758. The highest BCUT2D eigenvalue weighted by atomic mass is 16.5. The second-order valence-electron chi connectivity index (χ2n) is 4.45. The number of carbonyl (C=O) groups excluding carboxylic acids is 1. The molecule has 2 rings (SSSR count). The lowest BCUT2D eigenvalue weighted by Gasteiger charge is -2.22. The van der Waals surface area contributed by atoms with Gasteiger partial charge in [-0.2, -0.15) is 0 Å². The van der Waals surface area contributed by atoms with E-state index in [4.69, 9.17) is 4.52 Å². The van der Waals surface area contributed by atoms with Crippen molar-refractivity contribution < 1.29 is 9.32 Å². The van der Waals surface area contributed by atoms with Crippen LogP contribution in [0.1, 0.15) is 37.8 Å². The predicted molar refractivity (Wildman–Crippen MR) is 63.2 cm³/mol. The standard InChI is InChI=1S/C12H19N3O2/c16-12(14-9-11-6-8-17-15-11)5-4-10-3-1-2-7-13-10/h6,8,10,13H,1-5,7,9H2,(H,14,16). The minimum Gasteiger partial charge on any atom is -0.364 e. The second kappa shape index (κ2) is 6.39. The van der Waals surface area contributed by atoms with Gasteiger partial charge in [0, 0.05) is 18.5 Å². The third-order valence-corrected chi connectivity index (χ3v) is 3.09.